The van der Waals surface area contributed by atoms with Crippen LogP contribution >= 0.6 is 0 Å². The summed E-state index contributed by atoms with van der Waals surface area (Å²) in [7, 11) is 0. The second-order valence-corrected chi connectivity index (χ2v) is 6.68. The highest BCUT2D eigenvalue weighted by atomic mass is 19.1. The number of esters is 1. The standard InChI is InChI=1S/C23H29FN2O5/c1-3-29-20-9-11-21(12-10-20)31-14-13-25-22(27)16-26(17-23(28)30-4-2)15-18-5-7-19(24)8-6-18/h5-12H,3-4,13-17H2,1-2H3,(H,25,27). The average Bonchev–Trinajstić information content (AvgIpc) is 2.74. The van der Waals surface area contributed by atoms with Gasteiger partial charge in [0.1, 0.15) is 23.9 Å². The number of hydrogen-bond donors (Lipinski definition) is 1. The molecule has 0 aromatic heterocycles. The Morgan fingerprint density at radius 2 is 1.55 bits per heavy atom. The van der Waals surface area contributed by atoms with Crippen molar-refractivity contribution in [1.29, 1.82) is 0 Å². The fraction of sp³-hybridized carbons (Fsp3) is 0.391. The van der Waals surface area contributed by atoms with Crippen molar-refractivity contribution < 1.29 is 28.2 Å². The van der Waals surface area contributed by atoms with E-state index in [0.717, 1.165) is 11.3 Å². The molecule has 168 valence electrons. The number of carbonyl (C=O) groups excluding carboxylic acids is 2. The van der Waals surface area contributed by atoms with E-state index >= 15 is 0 Å². The van der Waals surface area contributed by atoms with Crippen molar-refractivity contribution in [3.8, 4) is 11.5 Å². The van der Waals surface area contributed by atoms with E-state index in [1.54, 1.807) is 36.1 Å². The van der Waals surface area contributed by atoms with Gasteiger partial charge in [-0.05, 0) is 55.8 Å². The molecule has 0 atom stereocenters. The van der Waals surface area contributed by atoms with Crippen molar-refractivity contribution in [2.24, 2.45) is 0 Å². The molecule has 2 aromatic carbocycles. The summed E-state index contributed by atoms with van der Waals surface area (Å²) >= 11 is 0. The van der Waals surface area contributed by atoms with Crippen molar-refractivity contribution in [1.82, 2.24) is 10.2 Å². The maximum atomic E-state index is 13.1. The van der Waals surface area contributed by atoms with Crippen molar-refractivity contribution in [2.45, 2.75) is 20.4 Å². The maximum absolute atomic E-state index is 13.1. The van der Waals surface area contributed by atoms with Gasteiger partial charge in [0.05, 0.1) is 32.8 Å². The average molecular weight is 432 g/mol. The molecule has 0 saturated heterocycles. The van der Waals surface area contributed by atoms with E-state index in [9.17, 15) is 14.0 Å². The molecule has 0 saturated carbocycles. The van der Waals surface area contributed by atoms with Crippen LogP contribution in [0.3, 0.4) is 0 Å². The first-order chi connectivity index (χ1) is 15.0. The lowest BCUT2D eigenvalue weighted by Gasteiger charge is -2.21. The van der Waals surface area contributed by atoms with Crippen LogP contribution in [0.25, 0.3) is 0 Å². The van der Waals surface area contributed by atoms with Crippen LogP contribution in [0.15, 0.2) is 48.5 Å². The number of amides is 1. The van der Waals surface area contributed by atoms with Gasteiger partial charge in [-0.15, -0.1) is 0 Å². The fourth-order valence-corrected chi connectivity index (χ4v) is 2.82. The van der Waals surface area contributed by atoms with E-state index in [1.807, 2.05) is 19.1 Å². The van der Waals surface area contributed by atoms with Gasteiger partial charge in [0.2, 0.25) is 5.91 Å². The zero-order valence-corrected chi connectivity index (χ0v) is 17.9. The Bertz CT molecular complexity index is 812. The van der Waals surface area contributed by atoms with Gasteiger partial charge >= 0.3 is 5.97 Å². The van der Waals surface area contributed by atoms with Gasteiger partial charge in [0.25, 0.3) is 0 Å². The fourth-order valence-electron chi connectivity index (χ4n) is 2.82. The zero-order chi connectivity index (χ0) is 22.5. The molecule has 2 rings (SSSR count). The minimum atomic E-state index is -0.420. The summed E-state index contributed by atoms with van der Waals surface area (Å²) in [4.78, 5) is 25.9. The molecule has 0 bridgehead atoms. The van der Waals surface area contributed by atoms with Crippen molar-refractivity contribution in [3.05, 3.63) is 59.9 Å². The van der Waals surface area contributed by atoms with E-state index in [-0.39, 0.29) is 31.4 Å². The molecule has 31 heavy (non-hydrogen) atoms. The maximum Gasteiger partial charge on any atom is 0.320 e. The number of rotatable bonds is 13. The molecule has 1 amide bonds. The summed E-state index contributed by atoms with van der Waals surface area (Å²) in [5.74, 6) is 0.438. The van der Waals surface area contributed by atoms with E-state index in [2.05, 4.69) is 5.32 Å². The number of ether oxygens (including phenoxy) is 3. The number of nitrogens with zero attached hydrogens (tertiary/aromatic N) is 1. The lowest BCUT2D eigenvalue weighted by Crippen LogP contribution is -2.41. The Balaban J connectivity index is 1.79. The molecule has 7 nitrogen and oxygen atoms in total. The summed E-state index contributed by atoms with van der Waals surface area (Å²) < 4.78 is 29.1. The highest BCUT2D eigenvalue weighted by molar-refractivity contribution is 5.79. The zero-order valence-electron chi connectivity index (χ0n) is 17.9. The van der Waals surface area contributed by atoms with E-state index < -0.39 is 5.97 Å². The van der Waals surface area contributed by atoms with Gasteiger partial charge in [-0.3, -0.25) is 14.5 Å². The smallest absolute Gasteiger partial charge is 0.320 e. The first-order valence-electron chi connectivity index (χ1n) is 10.2. The third kappa shape index (κ3) is 9.48. The van der Waals surface area contributed by atoms with Crippen LogP contribution in [-0.4, -0.2) is 56.2 Å². The first-order valence-corrected chi connectivity index (χ1v) is 10.2. The number of hydrogen-bond acceptors (Lipinski definition) is 6. The summed E-state index contributed by atoms with van der Waals surface area (Å²) in [5.41, 5.74) is 0.789. The van der Waals surface area contributed by atoms with Gasteiger partial charge in [0.15, 0.2) is 0 Å². The molecule has 0 aliphatic rings. The monoisotopic (exact) mass is 432 g/mol. The molecule has 0 unspecified atom stereocenters. The Hall–Kier alpha value is -3.13. The van der Waals surface area contributed by atoms with Crippen LogP contribution in [0.2, 0.25) is 0 Å². The number of benzene rings is 2. The van der Waals surface area contributed by atoms with Crippen molar-refractivity contribution in [3.63, 3.8) is 0 Å². The predicted molar refractivity (Wildman–Crippen MR) is 114 cm³/mol. The van der Waals surface area contributed by atoms with Crippen molar-refractivity contribution in [2.75, 3.05) is 39.5 Å². The second-order valence-electron chi connectivity index (χ2n) is 6.68. The summed E-state index contributed by atoms with van der Waals surface area (Å²) in [5, 5.41) is 2.77. The normalized spacial score (nSPS) is 10.6. The largest absolute Gasteiger partial charge is 0.494 e. The van der Waals surface area contributed by atoms with Gasteiger partial charge < -0.3 is 19.5 Å². The molecule has 0 aliphatic carbocycles. The molecule has 0 heterocycles. The summed E-state index contributed by atoms with van der Waals surface area (Å²) in [6.07, 6.45) is 0. The van der Waals surface area contributed by atoms with Gasteiger partial charge in [0, 0.05) is 6.54 Å². The molecule has 0 spiro atoms. The van der Waals surface area contributed by atoms with Gasteiger partial charge in [-0.25, -0.2) is 4.39 Å². The van der Waals surface area contributed by atoms with Crippen molar-refractivity contribution >= 4 is 11.9 Å². The van der Waals surface area contributed by atoms with Crippen LogP contribution < -0.4 is 14.8 Å². The third-order valence-electron chi connectivity index (χ3n) is 4.17. The molecule has 2 aromatic rings. The summed E-state index contributed by atoms with van der Waals surface area (Å²) in [6.45, 7) is 5.39. The van der Waals surface area contributed by atoms with Crippen LogP contribution in [-0.2, 0) is 20.9 Å². The minimum Gasteiger partial charge on any atom is -0.494 e. The molecule has 0 fully saturated rings. The predicted octanol–water partition coefficient (Wildman–Crippen LogP) is 2.78. The first kappa shape index (κ1) is 24.1. The second kappa shape index (κ2) is 13.2. The molecule has 0 aliphatic heterocycles. The third-order valence-corrected chi connectivity index (χ3v) is 4.17. The topological polar surface area (TPSA) is 77.1 Å². The van der Waals surface area contributed by atoms with E-state index in [4.69, 9.17) is 14.2 Å². The highest BCUT2D eigenvalue weighted by Crippen LogP contribution is 2.17. The highest BCUT2D eigenvalue weighted by Gasteiger charge is 2.16. The van der Waals surface area contributed by atoms with Gasteiger partial charge in [-0.1, -0.05) is 12.1 Å². The lowest BCUT2D eigenvalue weighted by atomic mass is 10.2. The Kier molecular flexibility index (Phi) is 10.3. The minimum absolute atomic E-state index is 0.000750. The summed E-state index contributed by atoms with van der Waals surface area (Å²) in [6, 6.07) is 13.2. The molecule has 8 heteroatoms. The van der Waals surface area contributed by atoms with Gasteiger partial charge in [-0.2, -0.15) is 0 Å². The quantitative estimate of drug-likeness (QED) is 0.388. The molecular weight excluding hydrogens is 403 g/mol. The SMILES string of the molecule is CCOC(=O)CN(CC(=O)NCCOc1ccc(OCC)cc1)Cc1ccc(F)cc1. The lowest BCUT2D eigenvalue weighted by molar-refractivity contribution is -0.144. The van der Waals surface area contributed by atoms with Crippen LogP contribution in [0.5, 0.6) is 11.5 Å². The van der Waals surface area contributed by atoms with Crippen LogP contribution in [0.1, 0.15) is 19.4 Å². The van der Waals surface area contributed by atoms with Crippen LogP contribution in [0.4, 0.5) is 4.39 Å². The molecule has 1 N–H and O–H groups in total. The molecular formula is C23H29FN2O5. The Morgan fingerprint density at radius 3 is 2.16 bits per heavy atom. The Morgan fingerprint density at radius 1 is 0.903 bits per heavy atom. The number of carbonyl (C=O) groups is 2. The Labute approximate surface area is 182 Å². The van der Waals surface area contributed by atoms with Crippen LogP contribution in [0, 0.1) is 5.82 Å². The van der Waals surface area contributed by atoms with E-state index in [0.29, 0.717) is 32.1 Å². The van der Waals surface area contributed by atoms with E-state index in [1.165, 1.54) is 12.1 Å². The number of nitrogens with one attached hydrogen (secondary N) is 1. The molecule has 0 radical (unpaired) electrons. The number of halogens is 1.